The molecule has 1 aliphatic carbocycles. The molecule has 0 aromatic heterocycles. The van der Waals surface area contributed by atoms with Crippen molar-refractivity contribution in [2.24, 2.45) is 0 Å². The van der Waals surface area contributed by atoms with E-state index in [1.54, 1.807) is 7.11 Å². The number of amides is 1. The summed E-state index contributed by atoms with van der Waals surface area (Å²) in [5.74, 6) is 0.117. The number of aryl methyl sites for hydroxylation is 1. The van der Waals surface area contributed by atoms with Gasteiger partial charge in [-0.25, -0.2) is 0 Å². The van der Waals surface area contributed by atoms with Crippen LogP contribution in [0, 0.1) is 6.92 Å². The standard InChI is InChI=1S/C30H35NO5/c1-20-15-25(35-2)13-14-27(20)28(18-30(33)34)22-10-9-21-11-12-26(17-23(21)16-22)36-19-29(32)31-24-7-5-3-4-6-8-24/h9-17,24,28H,3-8,18-19H2,1-2H3,(H,31,32)(H,33,34). The zero-order valence-corrected chi connectivity index (χ0v) is 21.1. The van der Waals surface area contributed by atoms with Crippen molar-refractivity contribution in [3.8, 4) is 11.5 Å². The lowest BCUT2D eigenvalue weighted by atomic mass is 9.85. The Morgan fingerprint density at radius 2 is 1.67 bits per heavy atom. The molecular weight excluding hydrogens is 454 g/mol. The van der Waals surface area contributed by atoms with Crippen LogP contribution in [0.2, 0.25) is 0 Å². The Balaban J connectivity index is 1.52. The summed E-state index contributed by atoms with van der Waals surface area (Å²) in [5.41, 5.74) is 2.86. The van der Waals surface area contributed by atoms with Crippen molar-refractivity contribution in [2.75, 3.05) is 13.7 Å². The molecule has 190 valence electrons. The van der Waals surface area contributed by atoms with Crippen LogP contribution in [0.25, 0.3) is 10.8 Å². The van der Waals surface area contributed by atoms with Gasteiger partial charge in [-0.1, -0.05) is 56.0 Å². The second kappa shape index (κ2) is 11.9. The van der Waals surface area contributed by atoms with E-state index in [-0.39, 0.29) is 30.9 Å². The normalized spacial score (nSPS) is 15.2. The summed E-state index contributed by atoms with van der Waals surface area (Å²) in [4.78, 5) is 24.2. The molecule has 1 saturated carbocycles. The third kappa shape index (κ3) is 6.56. The van der Waals surface area contributed by atoms with Crippen LogP contribution in [-0.2, 0) is 9.59 Å². The summed E-state index contributed by atoms with van der Waals surface area (Å²) in [6.45, 7) is 1.95. The maximum absolute atomic E-state index is 12.4. The van der Waals surface area contributed by atoms with Crippen LogP contribution in [-0.4, -0.2) is 36.7 Å². The van der Waals surface area contributed by atoms with E-state index < -0.39 is 5.97 Å². The summed E-state index contributed by atoms with van der Waals surface area (Å²) in [5, 5.41) is 14.7. The Morgan fingerprint density at radius 3 is 2.36 bits per heavy atom. The van der Waals surface area contributed by atoms with E-state index in [4.69, 9.17) is 9.47 Å². The van der Waals surface area contributed by atoms with Gasteiger partial charge in [0.25, 0.3) is 5.91 Å². The fourth-order valence-corrected chi connectivity index (χ4v) is 5.14. The number of rotatable bonds is 9. The van der Waals surface area contributed by atoms with E-state index in [9.17, 15) is 14.7 Å². The molecule has 2 N–H and O–H groups in total. The lowest BCUT2D eigenvalue weighted by Gasteiger charge is -2.20. The molecule has 4 rings (SSSR count). The molecule has 0 bridgehead atoms. The molecule has 1 unspecified atom stereocenters. The number of hydrogen-bond donors (Lipinski definition) is 2. The minimum Gasteiger partial charge on any atom is -0.497 e. The van der Waals surface area contributed by atoms with Crippen molar-refractivity contribution in [1.29, 1.82) is 0 Å². The van der Waals surface area contributed by atoms with Gasteiger partial charge >= 0.3 is 5.97 Å². The van der Waals surface area contributed by atoms with Crippen LogP contribution < -0.4 is 14.8 Å². The molecule has 0 radical (unpaired) electrons. The highest BCUT2D eigenvalue weighted by atomic mass is 16.5. The van der Waals surface area contributed by atoms with Crippen LogP contribution in [0.15, 0.2) is 54.6 Å². The van der Waals surface area contributed by atoms with Gasteiger partial charge in [0.05, 0.1) is 13.5 Å². The SMILES string of the molecule is COc1ccc(C(CC(=O)O)c2ccc3ccc(OCC(=O)NC4CCCCCC4)cc3c2)c(C)c1. The number of carbonyl (C=O) groups excluding carboxylic acids is 1. The number of fused-ring (bicyclic) bond motifs is 1. The zero-order chi connectivity index (χ0) is 25.5. The molecular formula is C30H35NO5. The van der Waals surface area contributed by atoms with Gasteiger partial charge in [0.2, 0.25) is 0 Å². The quantitative estimate of drug-likeness (QED) is 0.361. The van der Waals surface area contributed by atoms with E-state index in [0.717, 1.165) is 58.9 Å². The fourth-order valence-electron chi connectivity index (χ4n) is 5.14. The van der Waals surface area contributed by atoms with Crippen LogP contribution >= 0.6 is 0 Å². The lowest BCUT2D eigenvalue weighted by Crippen LogP contribution is -2.37. The number of carbonyl (C=O) groups is 2. The van der Waals surface area contributed by atoms with Crippen molar-refractivity contribution >= 4 is 22.6 Å². The van der Waals surface area contributed by atoms with Gasteiger partial charge in [-0.2, -0.15) is 0 Å². The van der Waals surface area contributed by atoms with Crippen LogP contribution in [0.1, 0.15) is 67.6 Å². The van der Waals surface area contributed by atoms with E-state index >= 15 is 0 Å². The van der Waals surface area contributed by atoms with Gasteiger partial charge in [-0.05, 0) is 71.5 Å². The smallest absolute Gasteiger partial charge is 0.304 e. The maximum Gasteiger partial charge on any atom is 0.304 e. The second-order valence-electron chi connectivity index (χ2n) is 9.69. The molecule has 36 heavy (non-hydrogen) atoms. The molecule has 0 saturated heterocycles. The Bertz CT molecular complexity index is 1210. The zero-order valence-electron chi connectivity index (χ0n) is 21.1. The Morgan fingerprint density at radius 1 is 0.944 bits per heavy atom. The molecule has 6 heteroatoms. The van der Waals surface area contributed by atoms with E-state index in [2.05, 4.69) is 5.32 Å². The number of carboxylic acid groups (broad SMARTS) is 1. The Hall–Kier alpha value is -3.54. The summed E-state index contributed by atoms with van der Waals surface area (Å²) < 4.78 is 11.1. The first-order valence-corrected chi connectivity index (χ1v) is 12.7. The Labute approximate surface area is 212 Å². The topological polar surface area (TPSA) is 84.9 Å². The first-order chi connectivity index (χ1) is 17.4. The van der Waals surface area contributed by atoms with Crippen molar-refractivity contribution in [3.05, 3.63) is 71.3 Å². The lowest BCUT2D eigenvalue weighted by molar-refractivity contribution is -0.137. The van der Waals surface area contributed by atoms with Gasteiger partial charge in [-0.15, -0.1) is 0 Å². The van der Waals surface area contributed by atoms with E-state index in [1.807, 2.05) is 61.5 Å². The maximum atomic E-state index is 12.4. The number of hydrogen-bond acceptors (Lipinski definition) is 4. The molecule has 6 nitrogen and oxygen atoms in total. The van der Waals surface area contributed by atoms with Crippen molar-refractivity contribution in [2.45, 2.75) is 63.8 Å². The molecule has 0 spiro atoms. The predicted octanol–water partition coefficient (Wildman–Crippen LogP) is 5.98. The average molecular weight is 490 g/mol. The number of methoxy groups -OCH3 is 1. The fraction of sp³-hybridized carbons (Fsp3) is 0.400. The number of benzene rings is 3. The summed E-state index contributed by atoms with van der Waals surface area (Å²) >= 11 is 0. The van der Waals surface area contributed by atoms with Crippen molar-refractivity contribution in [3.63, 3.8) is 0 Å². The third-order valence-electron chi connectivity index (χ3n) is 7.06. The first kappa shape index (κ1) is 25.5. The minimum absolute atomic E-state index is 0.0177. The number of nitrogens with one attached hydrogen (secondary N) is 1. The van der Waals surface area contributed by atoms with Gasteiger partial charge in [0.15, 0.2) is 6.61 Å². The second-order valence-corrected chi connectivity index (χ2v) is 9.69. The molecule has 1 amide bonds. The van der Waals surface area contributed by atoms with Gasteiger partial charge < -0.3 is 19.9 Å². The highest BCUT2D eigenvalue weighted by Crippen LogP contribution is 2.34. The van der Waals surface area contributed by atoms with Gasteiger partial charge in [-0.3, -0.25) is 9.59 Å². The molecule has 3 aromatic rings. The Kier molecular flexibility index (Phi) is 8.47. The van der Waals surface area contributed by atoms with Gasteiger partial charge in [0, 0.05) is 12.0 Å². The molecule has 1 fully saturated rings. The van der Waals surface area contributed by atoms with Crippen LogP contribution in [0.5, 0.6) is 11.5 Å². The third-order valence-corrected chi connectivity index (χ3v) is 7.06. The number of aliphatic carboxylic acids is 1. The van der Waals surface area contributed by atoms with E-state index in [0.29, 0.717) is 5.75 Å². The monoisotopic (exact) mass is 489 g/mol. The summed E-state index contributed by atoms with van der Waals surface area (Å²) in [7, 11) is 1.62. The van der Waals surface area contributed by atoms with Crippen molar-refractivity contribution in [1.82, 2.24) is 5.32 Å². The van der Waals surface area contributed by atoms with Crippen LogP contribution in [0.4, 0.5) is 0 Å². The highest BCUT2D eigenvalue weighted by molar-refractivity contribution is 5.85. The predicted molar refractivity (Wildman–Crippen MR) is 141 cm³/mol. The largest absolute Gasteiger partial charge is 0.497 e. The van der Waals surface area contributed by atoms with E-state index in [1.165, 1.54) is 12.8 Å². The van der Waals surface area contributed by atoms with Crippen molar-refractivity contribution < 1.29 is 24.2 Å². The van der Waals surface area contributed by atoms with Gasteiger partial charge in [0.1, 0.15) is 11.5 Å². The first-order valence-electron chi connectivity index (χ1n) is 12.7. The van der Waals surface area contributed by atoms with Crippen LogP contribution in [0.3, 0.4) is 0 Å². The average Bonchev–Trinajstić information content (AvgIpc) is 3.14. The number of ether oxygens (including phenoxy) is 2. The molecule has 0 aliphatic heterocycles. The molecule has 3 aromatic carbocycles. The minimum atomic E-state index is -0.855. The molecule has 1 atom stereocenters. The summed E-state index contributed by atoms with van der Waals surface area (Å²) in [6, 6.07) is 17.7. The highest BCUT2D eigenvalue weighted by Gasteiger charge is 2.21. The molecule has 1 aliphatic rings. The summed E-state index contributed by atoms with van der Waals surface area (Å²) in [6.07, 6.45) is 6.87. The number of carboxylic acids is 1. The molecule has 0 heterocycles.